The van der Waals surface area contributed by atoms with Crippen LogP contribution in [0.2, 0.25) is 0 Å². The molecule has 2 rings (SSSR count). The summed E-state index contributed by atoms with van der Waals surface area (Å²) in [5, 5.41) is 0.418. The summed E-state index contributed by atoms with van der Waals surface area (Å²) in [5.41, 5.74) is -0.871. The van der Waals surface area contributed by atoms with Gasteiger partial charge in [-0.15, -0.1) is 11.8 Å². The molecule has 0 aliphatic heterocycles. The second-order valence-corrected chi connectivity index (χ2v) is 10.5. The molecule has 0 amide bonds. The topological polar surface area (TPSA) is 73.6 Å². The smallest absolute Gasteiger partial charge is 0.416 e. The van der Waals surface area contributed by atoms with Crippen molar-refractivity contribution in [2.24, 2.45) is 5.92 Å². The number of esters is 1. The molecule has 0 saturated carbocycles. The van der Waals surface area contributed by atoms with E-state index < -0.39 is 27.5 Å². The maximum Gasteiger partial charge on any atom is 0.416 e. The number of halogens is 3. The van der Waals surface area contributed by atoms with Crippen molar-refractivity contribution in [1.29, 1.82) is 0 Å². The van der Waals surface area contributed by atoms with Crippen molar-refractivity contribution in [2.45, 2.75) is 31.3 Å². The van der Waals surface area contributed by atoms with E-state index in [4.69, 9.17) is 21.4 Å². The number of alkyl halides is 3. The molecule has 5 nitrogen and oxygen atoms in total. The van der Waals surface area contributed by atoms with Gasteiger partial charge in [-0.05, 0) is 36.8 Å². The van der Waals surface area contributed by atoms with Gasteiger partial charge < -0.3 is 9.15 Å². The van der Waals surface area contributed by atoms with Gasteiger partial charge in [0.2, 0.25) is 0 Å². The minimum absolute atomic E-state index is 0.00383. The van der Waals surface area contributed by atoms with Gasteiger partial charge in [-0.25, -0.2) is 8.42 Å². The summed E-state index contributed by atoms with van der Waals surface area (Å²) >= 11 is 6.13. The predicted octanol–water partition coefficient (Wildman–Crippen LogP) is 5.28. The maximum atomic E-state index is 12.9. The molecule has 0 aliphatic rings. The van der Waals surface area contributed by atoms with Crippen LogP contribution in [0.15, 0.2) is 33.6 Å². The van der Waals surface area contributed by atoms with E-state index in [1.165, 1.54) is 12.1 Å². The minimum Gasteiger partial charge on any atom is -0.464 e. The summed E-state index contributed by atoms with van der Waals surface area (Å²) in [6, 6.07) is 4.57. The molecular formula is C19H21F3O5S3. The van der Waals surface area contributed by atoms with Crippen molar-refractivity contribution in [1.82, 2.24) is 0 Å². The van der Waals surface area contributed by atoms with Crippen molar-refractivity contribution in [3.8, 4) is 0 Å². The minimum atomic E-state index is -4.51. The largest absolute Gasteiger partial charge is 0.464 e. The molecule has 0 N–H and O–H groups in total. The molecule has 0 radical (unpaired) electrons. The van der Waals surface area contributed by atoms with E-state index in [0.717, 1.165) is 23.9 Å². The molecule has 2 aromatic rings. The highest BCUT2D eigenvalue weighted by molar-refractivity contribution is 8.01. The number of sulfone groups is 1. The second kappa shape index (κ2) is 10.1. The summed E-state index contributed by atoms with van der Waals surface area (Å²) in [6.07, 6.45) is -3.91. The lowest BCUT2D eigenvalue weighted by Gasteiger charge is -2.11. The highest BCUT2D eigenvalue weighted by Gasteiger charge is 2.31. The standard InChI is InChI=1S/C19H21F3O5S3/c1-3-12(2)18(23)26-6-8-30(24,25)9-7-29-16-11-17(28)27-15-10-13(19(20,21)22)4-5-14(15)16/h4-5,10-12H,3,6-9H2,1-2H3. The van der Waals surface area contributed by atoms with E-state index in [1.54, 1.807) is 6.92 Å². The quantitative estimate of drug-likeness (QED) is 0.274. The van der Waals surface area contributed by atoms with Gasteiger partial charge in [0.25, 0.3) is 0 Å². The Balaban J connectivity index is 2.01. The van der Waals surface area contributed by atoms with E-state index in [2.05, 4.69) is 0 Å². The van der Waals surface area contributed by atoms with Crippen molar-refractivity contribution >= 4 is 50.8 Å². The molecule has 1 heterocycles. The number of hydrogen-bond acceptors (Lipinski definition) is 7. The lowest BCUT2D eigenvalue weighted by Crippen LogP contribution is -2.21. The number of benzene rings is 1. The SMILES string of the molecule is CCC(C)C(=O)OCCS(=O)(=O)CCSc1cc(=S)oc2cc(C(F)(F)F)ccc12. The van der Waals surface area contributed by atoms with Gasteiger partial charge in [0.05, 0.1) is 23.0 Å². The molecule has 0 spiro atoms. The van der Waals surface area contributed by atoms with Gasteiger partial charge in [-0.1, -0.05) is 13.8 Å². The fourth-order valence-electron chi connectivity index (χ4n) is 2.39. The van der Waals surface area contributed by atoms with Gasteiger partial charge in [-0.2, -0.15) is 13.2 Å². The van der Waals surface area contributed by atoms with Crippen LogP contribution in [-0.2, 0) is 25.5 Å². The van der Waals surface area contributed by atoms with Gasteiger partial charge in [0.15, 0.2) is 14.5 Å². The second-order valence-electron chi connectivity index (χ2n) is 6.62. The Kier molecular flexibility index (Phi) is 8.35. The number of thioether (sulfide) groups is 1. The molecule has 1 unspecified atom stereocenters. The number of ether oxygens (including phenoxy) is 1. The van der Waals surface area contributed by atoms with Crippen LogP contribution in [0.25, 0.3) is 11.0 Å². The summed E-state index contributed by atoms with van der Waals surface area (Å²) in [7, 11) is -3.47. The molecule has 11 heteroatoms. The third-order valence-electron chi connectivity index (χ3n) is 4.34. The number of hydrogen-bond donors (Lipinski definition) is 0. The van der Waals surface area contributed by atoms with E-state index >= 15 is 0 Å². The fraction of sp³-hybridized carbons (Fsp3) is 0.474. The first-order valence-corrected chi connectivity index (χ1v) is 12.3. The zero-order chi connectivity index (χ0) is 22.5. The monoisotopic (exact) mass is 482 g/mol. The van der Waals surface area contributed by atoms with Crippen LogP contribution in [0.5, 0.6) is 0 Å². The molecule has 0 bridgehead atoms. The van der Waals surface area contributed by atoms with Crippen molar-refractivity contribution in [3.05, 3.63) is 34.5 Å². The molecule has 1 aromatic carbocycles. The Hall–Kier alpha value is -1.59. The van der Waals surface area contributed by atoms with Crippen LogP contribution in [0.1, 0.15) is 25.8 Å². The average Bonchev–Trinajstić information content (AvgIpc) is 2.65. The van der Waals surface area contributed by atoms with Crippen LogP contribution < -0.4 is 0 Å². The lowest BCUT2D eigenvalue weighted by molar-refractivity contribution is -0.147. The third-order valence-corrected chi connectivity index (χ3v) is 7.47. The van der Waals surface area contributed by atoms with Gasteiger partial charge >= 0.3 is 12.1 Å². The maximum absolute atomic E-state index is 12.9. The van der Waals surface area contributed by atoms with E-state index in [-0.39, 0.29) is 40.1 Å². The Labute approximate surface area is 181 Å². The van der Waals surface area contributed by atoms with E-state index in [1.807, 2.05) is 6.92 Å². The Bertz CT molecular complexity index is 1060. The number of fused-ring (bicyclic) bond motifs is 1. The molecule has 0 aliphatic carbocycles. The molecular weight excluding hydrogens is 461 g/mol. The highest BCUT2D eigenvalue weighted by Crippen LogP contribution is 2.34. The van der Waals surface area contributed by atoms with Gasteiger partial charge in [0.1, 0.15) is 12.2 Å². The molecule has 0 fully saturated rings. The molecule has 0 saturated heterocycles. The first-order chi connectivity index (χ1) is 13.9. The predicted molar refractivity (Wildman–Crippen MR) is 112 cm³/mol. The third kappa shape index (κ3) is 6.98. The van der Waals surface area contributed by atoms with Crippen LogP contribution in [0.3, 0.4) is 0 Å². The van der Waals surface area contributed by atoms with E-state index in [9.17, 15) is 26.4 Å². The molecule has 166 valence electrons. The van der Waals surface area contributed by atoms with Crippen molar-refractivity contribution < 1.29 is 35.5 Å². The number of carbonyl (C=O) groups excluding carboxylic acids is 1. The lowest BCUT2D eigenvalue weighted by atomic mass is 10.1. The Morgan fingerprint density at radius 1 is 1.27 bits per heavy atom. The molecule has 1 aromatic heterocycles. The zero-order valence-electron chi connectivity index (χ0n) is 16.3. The Morgan fingerprint density at radius 3 is 2.60 bits per heavy atom. The summed E-state index contributed by atoms with van der Waals surface area (Å²) in [6.45, 7) is 3.33. The fourth-order valence-corrected chi connectivity index (χ4v) is 5.29. The Morgan fingerprint density at radius 2 is 1.97 bits per heavy atom. The van der Waals surface area contributed by atoms with Crippen LogP contribution in [0.4, 0.5) is 13.2 Å². The summed E-state index contributed by atoms with van der Waals surface area (Å²) in [4.78, 5) is 12.1. The van der Waals surface area contributed by atoms with E-state index in [0.29, 0.717) is 16.7 Å². The van der Waals surface area contributed by atoms with Gasteiger partial charge in [-0.3, -0.25) is 4.79 Å². The number of carbonyl (C=O) groups is 1. The van der Waals surface area contributed by atoms with Crippen molar-refractivity contribution in [3.63, 3.8) is 0 Å². The van der Waals surface area contributed by atoms with Crippen LogP contribution in [0, 0.1) is 10.6 Å². The van der Waals surface area contributed by atoms with Crippen molar-refractivity contribution in [2.75, 3.05) is 23.9 Å². The zero-order valence-corrected chi connectivity index (χ0v) is 18.8. The van der Waals surface area contributed by atoms with Crippen LogP contribution >= 0.6 is 24.0 Å². The first-order valence-electron chi connectivity index (χ1n) is 9.08. The number of rotatable bonds is 9. The molecule has 30 heavy (non-hydrogen) atoms. The summed E-state index contributed by atoms with van der Waals surface area (Å²) < 4.78 is 73.2. The van der Waals surface area contributed by atoms with Crippen LogP contribution in [-0.4, -0.2) is 38.3 Å². The normalized spacial score (nSPS) is 13.4. The summed E-state index contributed by atoms with van der Waals surface area (Å²) in [5.74, 6) is -1.03. The molecule has 1 atom stereocenters. The average molecular weight is 483 g/mol. The van der Waals surface area contributed by atoms with Gasteiger partial charge in [0, 0.05) is 22.1 Å². The highest BCUT2D eigenvalue weighted by atomic mass is 32.2. The first kappa shape index (κ1) is 24.7.